The van der Waals surface area contributed by atoms with E-state index in [0.29, 0.717) is 19.1 Å². The summed E-state index contributed by atoms with van der Waals surface area (Å²) in [6.45, 7) is 4.02. The van der Waals surface area contributed by atoms with Gasteiger partial charge >= 0.3 is 0 Å². The van der Waals surface area contributed by atoms with Gasteiger partial charge in [-0.25, -0.2) is 4.72 Å². The number of nitrogens with zero attached hydrogens (tertiary/aromatic N) is 1. The van der Waals surface area contributed by atoms with Crippen molar-refractivity contribution in [1.82, 2.24) is 14.3 Å². The number of hydrogen-bond acceptors (Lipinski definition) is 3. The van der Waals surface area contributed by atoms with Gasteiger partial charge in [-0.3, -0.25) is 0 Å². The van der Waals surface area contributed by atoms with E-state index in [2.05, 4.69) is 10.0 Å². The minimum Gasteiger partial charge on any atom is -0.313 e. The van der Waals surface area contributed by atoms with Crippen LogP contribution >= 0.6 is 12.4 Å². The van der Waals surface area contributed by atoms with E-state index in [0.717, 1.165) is 25.8 Å². The van der Waals surface area contributed by atoms with Crippen molar-refractivity contribution >= 4 is 22.6 Å². The third kappa shape index (κ3) is 4.97. The lowest BCUT2D eigenvalue weighted by Crippen LogP contribution is -2.43. The van der Waals surface area contributed by atoms with Gasteiger partial charge in [0.25, 0.3) is 10.2 Å². The van der Waals surface area contributed by atoms with Gasteiger partial charge in [0, 0.05) is 26.2 Å². The smallest absolute Gasteiger partial charge is 0.279 e. The molecule has 0 aliphatic carbocycles. The normalized spacial score (nSPS) is 21.1. The topological polar surface area (TPSA) is 61.4 Å². The Labute approximate surface area is 105 Å². The van der Waals surface area contributed by atoms with Crippen LogP contribution in [0.3, 0.4) is 0 Å². The first-order valence-electron chi connectivity index (χ1n) is 5.50. The predicted molar refractivity (Wildman–Crippen MR) is 68.1 cm³/mol. The number of rotatable bonds is 6. The van der Waals surface area contributed by atoms with Crippen LogP contribution < -0.4 is 10.0 Å². The van der Waals surface area contributed by atoms with Crippen molar-refractivity contribution in [3.8, 4) is 0 Å². The van der Waals surface area contributed by atoms with Crippen LogP contribution in [0.1, 0.15) is 26.2 Å². The molecule has 98 valence electrons. The fourth-order valence-corrected chi connectivity index (χ4v) is 2.74. The summed E-state index contributed by atoms with van der Waals surface area (Å²) in [7, 11) is -1.66. The quantitative estimate of drug-likeness (QED) is 0.732. The van der Waals surface area contributed by atoms with E-state index in [1.807, 2.05) is 6.92 Å². The molecule has 1 atom stereocenters. The van der Waals surface area contributed by atoms with Gasteiger partial charge in [-0.05, 0) is 25.8 Å². The van der Waals surface area contributed by atoms with Crippen LogP contribution in [0, 0.1) is 0 Å². The highest BCUT2D eigenvalue weighted by Crippen LogP contribution is 2.04. The van der Waals surface area contributed by atoms with Gasteiger partial charge in [-0.15, -0.1) is 12.4 Å². The van der Waals surface area contributed by atoms with E-state index in [9.17, 15) is 8.42 Å². The lowest BCUT2D eigenvalue weighted by molar-refractivity contribution is 0.451. The zero-order valence-corrected chi connectivity index (χ0v) is 11.5. The third-order valence-electron chi connectivity index (χ3n) is 2.62. The molecule has 16 heavy (non-hydrogen) atoms. The molecule has 0 radical (unpaired) electrons. The lowest BCUT2D eigenvalue weighted by Gasteiger charge is -2.18. The largest absolute Gasteiger partial charge is 0.313 e. The first-order valence-corrected chi connectivity index (χ1v) is 6.94. The Morgan fingerprint density at radius 2 is 2.19 bits per heavy atom. The maximum absolute atomic E-state index is 11.7. The van der Waals surface area contributed by atoms with Crippen LogP contribution in [-0.4, -0.2) is 45.4 Å². The fourth-order valence-electron chi connectivity index (χ4n) is 1.68. The second-order valence-corrected chi connectivity index (χ2v) is 5.83. The number of halogens is 1. The van der Waals surface area contributed by atoms with E-state index in [1.54, 1.807) is 7.05 Å². The zero-order valence-electron chi connectivity index (χ0n) is 9.90. The summed E-state index contributed by atoms with van der Waals surface area (Å²) in [4.78, 5) is 0. The SMILES string of the molecule is CCCN(C)S(=O)(=O)NCC1CCCN1.Cl. The maximum Gasteiger partial charge on any atom is 0.279 e. The van der Waals surface area contributed by atoms with Crippen molar-refractivity contribution in [3.63, 3.8) is 0 Å². The molecule has 1 aliphatic heterocycles. The van der Waals surface area contributed by atoms with Gasteiger partial charge in [0.1, 0.15) is 0 Å². The Morgan fingerprint density at radius 1 is 1.50 bits per heavy atom. The van der Waals surface area contributed by atoms with E-state index in [-0.39, 0.29) is 12.4 Å². The molecular formula is C9H22ClN3O2S. The average Bonchev–Trinajstić information content (AvgIpc) is 2.68. The van der Waals surface area contributed by atoms with Crippen LogP contribution in [0.15, 0.2) is 0 Å². The van der Waals surface area contributed by atoms with Gasteiger partial charge in [0.15, 0.2) is 0 Å². The number of hydrogen-bond donors (Lipinski definition) is 2. The molecule has 0 bridgehead atoms. The summed E-state index contributed by atoms with van der Waals surface area (Å²) in [5, 5.41) is 3.25. The summed E-state index contributed by atoms with van der Waals surface area (Å²) < 4.78 is 27.3. The van der Waals surface area contributed by atoms with Crippen LogP contribution in [-0.2, 0) is 10.2 Å². The maximum atomic E-state index is 11.7. The zero-order chi connectivity index (χ0) is 11.3. The van der Waals surface area contributed by atoms with Crippen molar-refractivity contribution in [2.75, 3.05) is 26.7 Å². The molecule has 1 rings (SSSR count). The molecule has 1 aliphatic rings. The van der Waals surface area contributed by atoms with Gasteiger partial charge in [-0.1, -0.05) is 6.92 Å². The molecule has 0 amide bonds. The van der Waals surface area contributed by atoms with Crippen molar-refractivity contribution in [2.24, 2.45) is 0 Å². The molecule has 5 nitrogen and oxygen atoms in total. The summed E-state index contributed by atoms with van der Waals surface area (Å²) in [6.07, 6.45) is 3.02. The highest BCUT2D eigenvalue weighted by molar-refractivity contribution is 7.87. The highest BCUT2D eigenvalue weighted by atomic mass is 35.5. The minimum absolute atomic E-state index is 0. The van der Waals surface area contributed by atoms with Crippen molar-refractivity contribution in [3.05, 3.63) is 0 Å². The second-order valence-electron chi connectivity index (χ2n) is 3.97. The molecule has 1 heterocycles. The molecule has 0 spiro atoms. The van der Waals surface area contributed by atoms with Gasteiger partial charge in [0.2, 0.25) is 0 Å². The summed E-state index contributed by atoms with van der Waals surface area (Å²) in [6, 6.07) is 0.301. The standard InChI is InChI=1S/C9H21N3O2S.ClH/c1-3-7-12(2)15(13,14)11-8-9-5-4-6-10-9;/h9-11H,3-8H2,1-2H3;1H. The first-order chi connectivity index (χ1) is 7.06. The summed E-state index contributed by atoms with van der Waals surface area (Å²) in [5.41, 5.74) is 0. The van der Waals surface area contributed by atoms with Crippen LogP contribution in [0.2, 0.25) is 0 Å². The van der Waals surface area contributed by atoms with Crippen LogP contribution in [0.4, 0.5) is 0 Å². The van der Waals surface area contributed by atoms with Gasteiger partial charge in [0.05, 0.1) is 0 Å². The molecular weight excluding hydrogens is 250 g/mol. The first kappa shape index (κ1) is 16.1. The molecule has 1 saturated heterocycles. The van der Waals surface area contributed by atoms with E-state index < -0.39 is 10.2 Å². The fraction of sp³-hybridized carbons (Fsp3) is 1.00. The third-order valence-corrected chi connectivity index (χ3v) is 4.16. The summed E-state index contributed by atoms with van der Waals surface area (Å²) >= 11 is 0. The molecule has 1 unspecified atom stereocenters. The Hall–Kier alpha value is 0.120. The van der Waals surface area contributed by atoms with E-state index in [4.69, 9.17) is 0 Å². The molecule has 0 aromatic carbocycles. The molecule has 0 aromatic heterocycles. The molecule has 2 N–H and O–H groups in total. The summed E-state index contributed by atoms with van der Waals surface area (Å²) in [5.74, 6) is 0. The number of nitrogens with one attached hydrogen (secondary N) is 2. The van der Waals surface area contributed by atoms with Gasteiger partial charge in [-0.2, -0.15) is 12.7 Å². The molecule has 1 fully saturated rings. The monoisotopic (exact) mass is 271 g/mol. The average molecular weight is 272 g/mol. The Bertz CT molecular complexity index is 278. The second kappa shape index (κ2) is 7.45. The van der Waals surface area contributed by atoms with Crippen LogP contribution in [0.25, 0.3) is 0 Å². The lowest BCUT2D eigenvalue weighted by atomic mass is 10.2. The Kier molecular flexibility index (Phi) is 7.50. The van der Waals surface area contributed by atoms with Crippen molar-refractivity contribution in [2.45, 2.75) is 32.2 Å². The van der Waals surface area contributed by atoms with E-state index >= 15 is 0 Å². The minimum atomic E-state index is -3.27. The predicted octanol–water partition coefficient (Wildman–Crippen LogP) is 0.336. The highest BCUT2D eigenvalue weighted by Gasteiger charge is 2.20. The molecule has 0 aromatic rings. The van der Waals surface area contributed by atoms with Crippen LogP contribution in [0.5, 0.6) is 0 Å². The molecule has 7 heteroatoms. The van der Waals surface area contributed by atoms with Crippen molar-refractivity contribution < 1.29 is 8.42 Å². The Morgan fingerprint density at radius 3 is 2.69 bits per heavy atom. The van der Waals surface area contributed by atoms with Crippen molar-refractivity contribution in [1.29, 1.82) is 0 Å². The van der Waals surface area contributed by atoms with E-state index in [1.165, 1.54) is 4.31 Å². The van der Waals surface area contributed by atoms with Gasteiger partial charge < -0.3 is 5.32 Å². The molecule has 0 saturated carbocycles. The Balaban J connectivity index is 0.00000225.